The zero-order valence-electron chi connectivity index (χ0n) is 18.3. The van der Waals surface area contributed by atoms with Crippen molar-refractivity contribution in [1.82, 2.24) is 14.9 Å². The van der Waals surface area contributed by atoms with E-state index in [0.29, 0.717) is 26.1 Å². The Kier molecular flexibility index (Phi) is 9.21. The number of nitrogens with one attached hydrogen (secondary N) is 2. The molecule has 0 saturated carbocycles. The quantitative estimate of drug-likeness (QED) is 0.555. The van der Waals surface area contributed by atoms with Crippen LogP contribution >= 0.6 is 0 Å². The molecule has 0 aliphatic rings. The second-order valence-corrected chi connectivity index (χ2v) is 8.99. The number of carbonyl (C=O) groups excluding carboxylic acids is 2. The van der Waals surface area contributed by atoms with E-state index in [1.165, 1.54) is 12.1 Å². The number of benzene rings is 2. The van der Waals surface area contributed by atoms with E-state index in [4.69, 9.17) is 0 Å². The minimum absolute atomic E-state index is 0.132. The lowest BCUT2D eigenvalue weighted by molar-refractivity contribution is -0.140. The molecule has 1 atom stereocenters. The second-order valence-electron chi connectivity index (χ2n) is 7.22. The van der Waals surface area contributed by atoms with Crippen LogP contribution in [0.2, 0.25) is 0 Å². The van der Waals surface area contributed by atoms with E-state index < -0.39 is 16.1 Å². The molecule has 168 valence electrons. The van der Waals surface area contributed by atoms with Gasteiger partial charge in [0.05, 0.1) is 4.90 Å². The number of rotatable bonds is 11. The van der Waals surface area contributed by atoms with Crippen molar-refractivity contribution >= 4 is 21.8 Å². The lowest BCUT2D eigenvalue weighted by Gasteiger charge is -2.28. The molecular weight excluding hydrogens is 414 g/mol. The van der Waals surface area contributed by atoms with Gasteiger partial charge in [-0.15, -0.1) is 0 Å². The summed E-state index contributed by atoms with van der Waals surface area (Å²) in [6.07, 6.45) is 0.670. The molecule has 0 bridgehead atoms. The molecule has 0 aliphatic heterocycles. The molecule has 0 saturated heterocycles. The summed E-state index contributed by atoms with van der Waals surface area (Å²) in [4.78, 5) is 27.2. The van der Waals surface area contributed by atoms with E-state index in [1.807, 2.05) is 37.3 Å². The lowest BCUT2D eigenvalue weighted by atomic mass is 10.1. The van der Waals surface area contributed by atoms with Gasteiger partial charge >= 0.3 is 0 Å². The van der Waals surface area contributed by atoms with Gasteiger partial charge in [0, 0.05) is 26.1 Å². The zero-order chi connectivity index (χ0) is 22.9. The van der Waals surface area contributed by atoms with Crippen molar-refractivity contribution in [3.8, 4) is 0 Å². The predicted octanol–water partition coefficient (Wildman–Crippen LogP) is 2.47. The Morgan fingerprint density at radius 3 is 2.16 bits per heavy atom. The molecule has 2 aromatic carbocycles. The first-order valence-corrected chi connectivity index (χ1v) is 12.0. The average molecular weight is 446 g/mol. The number of nitrogens with zero attached hydrogens (tertiary/aromatic N) is 1. The second kappa shape index (κ2) is 11.6. The van der Waals surface area contributed by atoms with Gasteiger partial charge in [0.15, 0.2) is 0 Å². The van der Waals surface area contributed by atoms with Crippen molar-refractivity contribution in [1.29, 1.82) is 0 Å². The Morgan fingerprint density at radius 2 is 1.58 bits per heavy atom. The van der Waals surface area contributed by atoms with Crippen LogP contribution < -0.4 is 10.0 Å². The molecule has 31 heavy (non-hydrogen) atoms. The molecule has 0 radical (unpaired) electrons. The third-order valence-corrected chi connectivity index (χ3v) is 6.47. The van der Waals surface area contributed by atoms with Crippen molar-refractivity contribution in [2.24, 2.45) is 0 Å². The molecule has 2 N–H and O–H groups in total. The standard InChI is InChI=1S/C23H31N3O4S/c1-4-24-23(28)18(3)26(17-20-9-7-6-8-10-20)22(27)16-13-19-11-14-21(15-12-19)31(29,30)25-5-2/h6-12,14-15,18,25H,4-5,13,16-17H2,1-3H3,(H,24,28). The van der Waals surface area contributed by atoms with Gasteiger partial charge in [0.25, 0.3) is 0 Å². The molecule has 2 amide bonds. The first-order chi connectivity index (χ1) is 14.8. The number of aryl methyl sites for hydroxylation is 1. The topological polar surface area (TPSA) is 95.6 Å². The van der Waals surface area contributed by atoms with Gasteiger partial charge < -0.3 is 10.2 Å². The van der Waals surface area contributed by atoms with Crippen LogP contribution in [0.15, 0.2) is 59.5 Å². The molecule has 7 nitrogen and oxygen atoms in total. The molecule has 2 aromatic rings. The summed E-state index contributed by atoms with van der Waals surface area (Å²) in [6.45, 7) is 6.46. The Labute approximate surface area is 184 Å². The molecule has 0 aromatic heterocycles. The Balaban J connectivity index is 2.09. The van der Waals surface area contributed by atoms with Gasteiger partial charge in [0.2, 0.25) is 21.8 Å². The lowest BCUT2D eigenvalue weighted by Crippen LogP contribution is -2.47. The number of likely N-dealkylation sites (N-methyl/N-ethyl adjacent to an activating group) is 1. The van der Waals surface area contributed by atoms with E-state index in [1.54, 1.807) is 30.9 Å². The molecule has 0 heterocycles. The highest BCUT2D eigenvalue weighted by molar-refractivity contribution is 7.89. The minimum atomic E-state index is -3.50. The maximum Gasteiger partial charge on any atom is 0.242 e. The molecular formula is C23H31N3O4S. The minimum Gasteiger partial charge on any atom is -0.355 e. The summed E-state index contributed by atoms with van der Waals surface area (Å²) < 4.78 is 26.6. The SMILES string of the molecule is CCNC(=O)C(C)N(Cc1ccccc1)C(=O)CCc1ccc(S(=O)(=O)NCC)cc1. The maximum absolute atomic E-state index is 13.0. The fraction of sp³-hybridized carbons (Fsp3) is 0.391. The molecule has 0 aliphatic carbocycles. The highest BCUT2D eigenvalue weighted by Crippen LogP contribution is 2.15. The van der Waals surface area contributed by atoms with Crippen LogP contribution in [0.1, 0.15) is 38.3 Å². The predicted molar refractivity (Wildman–Crippen MR) is 121 cm³/mol. The van der Waals surface area contributed by atoms with Crippen LogP contribution in [0.5, 0.6) is 0 Å². The summed E-state index contributed by atoms with van der Waals surface area (Å²) >= 11 is 0. The normalized spacial score (nSPS) is 12.2. The summed E-state index contributed by atoms with van der Waals surface area (Å²) in [5.74, 6) is -0.322. The summed E-state index contributed by atoms with van der Waals surface area (Å²) in [7, 11) is -3.50. The highest BCUT2D eigenvalue weighted by Gasteiger charge is 2.25. The number of sulfonamides is 1. The van der Waals surface area contributed by atoms with Crippen LogP contribution in [-0.4, -0.2) is 44.3 Å². The number of carbonyl (C=O) groups is 2. The fourth-order valence-electron chi connectivity index (χ4n) is 3.19. The van der Waals surface area contributed by atoms with E-state index >= 15 is 0 Å². The average Bonchev–Trinajstić information content (AvgIpc) is 2.76. The van der Waals surface area contributed by atoms with E-state index in [0.717, 1.165) is 11.1 Å². The molecule has 0 fully saturated rings. The van der Waals surface area contributed by atoms with Crippen molar-refractivity contribution in [2.45, 2.75) is 51.1 Å². The molecule has 8 heteroatoms. The van der Waals surface area contributed by atoms with Crippen molar-refractivity contribution < 1.29 is 18.0 Å². The number of amides is 2. The number of hydrogen-bond acceptors (Lipinski definition) is 4. The molecule has 0 spiro atoms. The smallest absolute Gasteiger partial charge is 0.242 e. The van der Waals surface area contributed by atoms with Gasteiger partial charge in [-0.05, 0) is 43.5 Å². The van der Waals surface area contributed by atoms with Gasteiger partial charge in [-0.2, -0.15) is 0 Å². The third kappa shape index (κ3) is 7.18. The van der Waals surface area contributed by atoms with Crippen LogP contribution in [0.25, 0.3) is 0 Å². The Hall–Kier alpha value is -2.71. The summed E-state index contributed by atoms with van der Waals surface area (Å²) in [5.41, 5.74) is 1.80. The van der Waals surface area contributed by atoms with Crippen LogP contribution in [0.4, 0.5) is 0 Å². The van der Waals surface area contributed by atoms with Crippen molar-refractivity contribution in [3.63, 3.8) is 0 Å². The van der Waals surface area contributed by atoms with E-state index in [2.05, 4.69) is 10.0 Å². The van der Waals surface area contributed by atoms with E-state index in [9.17, 15) is 18.0 Å². The molecule has 1 unspecified atom stereocenters. The first-order valence-electron chi connectivity index (χ1n) is 10.5. The van der Waals surface area contributed by atoms with Crippen molar-refractivity contribution in [3.05, 3.63) is 65.7 Å². The van der Waals surface area contributed by atoms with Gasteiger partial charge in [-0.3, -0.25) is 9.59 Å². The monoisotopic (exact) mass is 445 g/mol. The largest absolute Gasteiger partial charge is 0.355 e. The van der Waals surface area contributed by atoms with Crippen LogP contribution in [0, 0.1) is 0 Å². The van der Waals surface area contributed by atoms with Gasteiger partial charge in [0.1, 0.15) is 6.04 Å². The number of hydrogen-bond donors (Lipinski definition) is 2. The fourth-order valence-corrected chi connectivity index (χ4v) is 4.23. The molecule has 2 rings (SSSR count). The Bertz CT molecular complexity index is 960. The third-order valence-electron chi connectivity index (χ3n) is 4.91. The Morgan fingerprint density at radius 1 is 0.935 bits per heavy atom. The van der Waals surface area contributed by atoms with Crippen LogP contribution in [-0.2, 0) is 32.6 Å². The highest BCUT2D eigenvalue weighted by atomic mass is 32.2. The van der Waals surface area contributed by atoms with Crippen molar-refractivity contribution in [2.75, 3.05) is 13.1 Å². The van der Waals surface area contributed by atoms with Crippen LogP contribution in [0.3, 0.4) is 0 Å². The first kappa shape index (κ1) is 24.6. The zero-order valence-corrected chi connectivity index (χ0v) is 19.1. The summed E-state index contributed by atoms with van der Waals surface area (Å²) in [5, 5.41) is 2.78. The van der Waals surface area contributed by atoms with Gasteiger partial charge in [-0.25, -0.2) is 13.1 Å². The van der Waals surface area contributed by atoms with E-state index in [-0.39, 0.29) is 23.1 Å². The summed E-state index contributed by atoms with van der Waals surface area (Å²) in [6, 6.07) is 15.5. The van der Waals surface area contributed by atoms with Gasteiger partial charge in [-0.1, -0.05) is 49.4 Å². The maximum atomic E-state index is 13.0.